The molecule has 0 spiro atoms. The molecule has 3 N–H and O–H groups in total. The minimum absolute atomic E-state index is 0.409. The van der Waals surface area contributed by atoms with Crippen molar-refractivity contribution in [3.63, 3.8) is 0 Å². The van der Waals surface area contributed by atoms with Crippen LogP contribution in [0, 0.1) is 0 Å². The summed E-state index contributed by atoms with van der Waals surface area (Å²) in [6.45, 7) is 0. The summed E-state index contributed by atoms with van der Waals surface area (Å²) in [4.78, 5) is 9.45. The molecule has 27 heavy (non-hydrogen) atoms. The standard InChI is InChI=1S/C18H16Cl2N4O2S/c1-25-14-8-15(26-2)13(7-12(14)20)24-17-16(21)18(23-9-22-17)27-11-5-3-10(19)4-6-11/h3-9H,21H2,1-2H3,(H,22,23,24). The number of nitrogen functional groups attached to an aromatic ring is 1. The van der Waals surface area contributed by atoms with E-state index in [1.807, 2.05) is 24.3 Å². The fourth-order valence-corrected chi connectivity index (χ4v) is 3.43. The first-order valence-electron chi connectivity index (χ1n) is 7.74. The number of rotatable bonds is 6. The molecule has 9 heteroatoms. The zero-order valence-electron chi connectivity index (χ0n) is 14.5. The molecule has 0 saturated carbocycles. The first-order chi connectivity index (χ1) is 13.0. The Kier molecular flexibility index (Phi) is 6.15. The number of anilines is 3. The molecule has 140 valence electrons. The van der Waals surface area contributed by atoms with Crippen molar-refractivity contribution >= 4 is 52.2 Å². The lowest BCUT2D eigenvalue weighted by Gasteiger charge is -2.15. The lowest BCUT2D eigenvalue weighted by atomic mass is 10.2. The Morgan fingerprint density at radius 1 is 1.00 bits per heavy atom. The van der Waals surface area contributed by atoms with Gasteiger partial charge >= 0.3 is 0 Å². The molecule has 0 fully saturated rings. The molecular weight excluding hydrogens is 407 g/mol. The summed E-state index contributed by atoms with van der Waals surface area (Å²) in [6, 6.07) is 10.8. The quantitative estimate of drug-likeness (QED) is 0.522. The molecule has 0 aliphatic carbocycles. The number of benzene rings is 2. The molecule has 0 radical (unpaired) electrons. The summed E-state index contributed by atoms with van der Waals surface area (Å²) in [5, 5.41) is 4.86. The number of nitrogens with two attached hydrogens (primary N) is 1. The highest BCUT2D eigenvalue weighted by molar-refractivity contribution is 7.99. The zero-order valence-corrected chi connectivity index (χ0v) is 16.8. The minimum atomic E-state index is 0.409. The molecule has 3 aromatic rings. The van der Waals surface area contributed by atoms with E-state index in [1.54, 1.807) is 19.2 Å². The van der Waals surface area contributed by atoms with Crippen LogP contribution in [0.1, 0.15) is 0 Å². The van der Waals surface area contributed by atoms with Crippen molar-refractivity contribution in [2.75, 3.05) is 25.3 Å². The van der Waals surface area contributed by atoms with Crippen molar-refractivity contribution < 1.29 is 9.47 Å². The SMILES string of the molecule is COc1cc(OC)c(Nc2ncnc(Sc3ccc(Cl)cc3)c2N)cc1Cl. The van der Waals surface area contributed by atoms with Gasteiger partial charge in [0, 0.05) is 16.0 Å². The summed E-state index contributed by atoms with van der Waals surface area (Å²) in [7, 11) is 3.09. The Morgan fingerprint density at radius 2 is 1.70 bits per heavy atom. The molecule has 0 bridgehead atoms. The maximum atomic E-state index is 6.26. The molecule has 3 rings (SSSR count). The van der Waals surface area contributed by atoms with Crippen molar-refractivity contribution in [2.24, 2.45) is 0 Å². The van der Waals surface area contributed by atoms with Crippen LogP contribution in [0.2, 0.25) is 10.0 Å². The highest BCUT2D eigenvalue weighted by Gasteiger charge is 2.14. The average molecular weight is 423 g/mol. The number of methoxy groups -OCH3 is 2. The van der Waals surface area contributed by atoms with Crippen LogP contribution in [0.5, 0.6) is 11.5 Å². The molecule has 0 unspecified atom stereocenters. The third-order valence-electron chi connectivity index (χ3n) is 3.60. The van der Waals surface area contributed by atoms with Gasteiger partial charge < -0.3 is 20.5 Å². The van der Waals surface area contributed by atoms with Gasteiger partial charge in [0.1, 0.15) is 28.5 Å². The molecule has 0 aliphatic heterocycles. The first kappa shape index (κ1) is 19.4. The molecule has 0 aliphatic rings. The maximum Gasteiger partial charge on any atom is 0.158 e. The van der Waals surface area contributed by atoms with E-state index < -0.39 is 0 Å². The number of nitrogens with zero attached hydrogens (tertiary/aromatic N) is 2. The van der Waals surface area contributed by atoms with Gasteiger partial charge in [-0.05, 0) is 30.3 Å². The monoisotopic (exact) mass is 422 g/mol. The second-order valence-corrected chi connectivity index (χ2v) is 7.21. The van der Waals surface area contributed by atoms with E-state index in [-0.39, 0.29) is 0 Å². The van der Waals surface area contributed by atoms with Gasteiger partial charge in [0.15, 0.2) is 5.82 Å². The van der Waals surface area contributed by atoms with Gasteiger partial charge in [-0.2, -0.15) is 0 Å². The number of nitrogens with one attached hydrogen (secondary N) is 1. The van der Waals surface area contributed by atoms with Crippen LogP contribution in [0.25, 0.3) is 0 Å². The van der Waals surface area contributed by atoms with E-state index in [2.05, 4.69) is 15.3 Å². The molecule has 6 nitrogen and oxygen atoms in total. The summed E-state index contributed by atoms with van der Waals surface area (Å²) < 4.78 is 10.6. The lowest BCUT2D eigenvalue weighted by molar-refractivity contribution is 0.396. The summed E-state index contributed by atoms with van der Waals surface area (Å²) in [5.41, 5.74) is 7.28. The Balaban J connectivity index is 1.90. The van der Waals surface area contributed by atoms with Crippen molar-refractivity contribution in [3.05, 3.63) is 52.8 Å². The van der Waals surface area contributed by atoms with Crippen LogP contribution >= 0.6 is 35.0 Å². The normalized spacial score (nSPS) is 10.5. The van der Waals surface area contributed by atoms with Gasteiger partial charge in [0.2, 0.25) is 0 Å². The number of hydrogen-bond donors (Lipinski definition) is 2. The van der Waals surface area contributed by atoms with Crippen LogP contribution in [0.15, 0.2) is 52.6 Å². The van der Waals surface area contributed by atoms with Crippen molar-refractivity contribution in [3.8, 4) is 11.5 Å². The second-order valence-electron chi connectivity index (χ2n) is 5.31. The number of halogens is 2. The van der Waals surface area contributed by atoms with Crippen LogP contribution in [-0.2, 0) is 0 Å². The smallest absolute Gasteiger partial charge is 0.158 e. The minimum Gasteiger partial charge on any atom is -0.495 e. The van der Waals surface area contributed by atoms with E-state index in [9.17, 15) is 0 Å². The molecule has 1 heterocycles. The van der Waals surface area contributed by atoms with Gasteiger partial charge in [0.25, 0.3) is 0 Å². The Labute approximate surface area is 171 Å². The largest absolute Gasteiger partial charge is 0.495 e. The van der Waals surface area contributed by atoms with Gasteiger partial charge in [-0.1, -0.05) is 35.0 Å². The number of aromatic nitrogens is 2. The van der Waals surface area contributed by atoms with E-state index in [0.717, 1.165) is 4.90 Å². The molecule has 1 aromatic heterocycles. The second kappa shape index (κ2) is 8.56. The summed E-state index contributed by atoms with van der Waals surface area (Å²) in [5.74, 6) is 1.50. The van der Waals surface area contributed by atoms with Gasteiger partial charge in [0.05, 0.1) is 24.9 Å². The molecule has 0 saturated heterocycles. The topological polar surface area (TPSA) is 82.3 Å². The van der Waals surface area contributed by atoms with Crippen molar-refractivity contribution in [2.45, 2.75) is 9.92 Å². The Bertz CT molecular complexity index is 955. The van der Waals surface area contributed by atoms with Crippen LogP contribution in [0.3, 0.4) is 0 Å². The van der Waals surface area contributed by atoms with E-state index in [0.29, 0.717) is 43.8 Å². The summed E-state index contributed by atoms with van der Waals surface area (Å²) in [6.07, 6.45) is 1.44. The van der Waals surface area contributed by atoms with Gasteiger partial charge in [-0.15, -0.1) is 0 Å². The third kappa shape index (κ3) is 4.50. The molecule has 2 aromatic carbocycles. The lowest BCUT2D eigenvalue weighted by Crippen LogP contribution is -2.03. The zero-order chi connectivity index (χ0) is 19.4. The fraction of sp³-hybridized carbons (Fsp3) is 0.111. The van der Waals surface area contributed by atoms with E-state index >= 15 is 0 Å². The van der Waals surface area contributed by atoms with Gasteiger partial charge in [-0.3, -0.25) is 0 Å². The van der Waals surface area contributed by atoms with Gasteiger partial charge in [-0.25, -0.2) is 9.97 Å². The molecule has 0 amide bonds. The first-order valence-corrected chi connectivity index (χ1v) is 9.31. The summed E-state index contributed by atoms with van der Waals surface area (Å²) >= 11 is 13.6. The van der Waals surface area contributed by atoms with Crippen LogP contribution < -0.4 is 20.5 Å². The van der Waals surface area contributed by atoms with E-state index in [4.69, 9.17) is 38.4 Å². The van der Waals surface area contributed by atoms with Crippen molar-refractivity contribution in [1.29, 1.82) is 0 Å². The number of ether oxygens (including phenoxy) is 2. The Morgan fingerprint density at radius 3 is 2.37 bits per heavy atom. The highest BCUT2D eigenvalue weighted by atomic mass is 35.5. The maximum absolute atomic E-state index is 6.26. The van der Waals surface area contributed by atoms with E-state index in [1.165, 1.54) is 25.2 Å². The molecule has 0 atom stereocenters. The average Bonchev–Trinajstić information content (AvgIpc) is 2.67. The molecular formula is C18H16Cl2N4O2S. The fourth-order valence-electron chi connectivity index (χ4n) is 2.26. The Hall–Kier alpha value is -2.35. The predicted octanol–water partition coefficient (Wildman–Crippen LogP) is 5.28. The van der Waals surface area contributed by atoms with Crippen LogP contribution in [0.4, 0.5) is 17.2 Å². The number of hydrogen-bond acceptors (Lipinski definition) is 7. The van der Waals surface area contributed by atoms with Crippen molar-refractivity contribution in [1.82, 2.24) is 9.97 Å². The highest BCUT2D eigenvalue weighted by Crippen LogP contribution is 2.39. The van der Waals surface area contributed by atoms with Crippen LogP contribution in [-0.4, -0.2) is 24.2 Å². The third-order valence-corrected chi connectivity index (χ3v) is 5.18. The predicted molar refractivity (Wildman–Crippen MR) is 110 cm³/mol.